The Morgan fingerprint density at radius 1 is 1.00 bits per heavy atom. The van der Waals surface area contributed by atoms with Crippen molar-refractivity contribution in [1.82, 2.24) is 0 Å². The van der Waals surface area contributed by atoms with Crippen LogP contribution in [0.2, 0.25) is 0 Å². The third kappa shape index (κ3) is 4.09. The Bertz CT molecular complexity index is 328. The third-order valence-electron chi connectivity index (χ3n) is 1.55. The molecule has 1 aliphatic rings. The van der Waals surface area contributed by atoms with E-state index in [0.29, 0.717) is 0 Å². The summed E-state index contributed by atoms with van der Waals surface area (Å²) in [5.74, 6) is 0. The second-order valence-corrected chi connectivity index (χ2v) is 2.65. The summed E-state index contributed by atoms with van der Waals surface area (Å²) < 4.78 is 39.0. The minimum atomic E-state index is -6.00. The molecule has 1 aromatic carbocycles. The van der Waals surface area contributed by atoms with Crippen LogP contribution in [-0.2, 0) is 0 Å². The van der Waals surface area contributed by atoms with Crippen LogP contribution in [0.3, 0.4) is 0 Å². The normalized spacial score (nSPS) is 13.1. The molecule has 0 aliphatic carbocycles. The lowest BCUT2D eigenvalue weighted by atomic mass is 10.2. The summed E-state index contributed by atoms with van der Waals surface area (Å²) in [6.45, 7) is 0. The molecule has 0 amide bonds. The molecule has 1 heterocycles. The van der Waals surface area contributed by atoms with E-state index in [1.54, 1.807) is 0 Å². The molecule has 2 N–H and O–H groups in total. The van der Waals surface area contributed by atoms with Crippen molar-refractivity contribution in [2.75, 3.05) is 0 Å². The number of fused-ring (bicyclic) bond motifs is 1. The fourth-order valence-electron chi connectivity index (χ4n) is 1.07. The summed E-state index contributed by atoms with van der Waals surface area (Å²) in [5.41, 5.74) is 2.66. The van der Waals surface area contributed by atoms with Gasteiger partial charge in [-0.1, -0.05) is 12.1 Å². The largest absolute Gasteiger partial charge is 0.673 e. The van der Waals surface area contributed by atoms with Gasteiger partial charge in [-0.3, -0.25) is 5.32 Å². The average Bonchev–Trinajstić information content (AvgIpc) is 2.47. The Balaban J connectivity index is 0.000000171. The number of benzene rings is 1. The Morgan fingerprint density at radius 2 is 1.57 bits per heavy atom. The number of quaternary nitrogens is 1. The van der Waals surface area contributed by atoms with Crippen molar-refractivity contribution in [2.24, 2.45) is 0 Å². The van der Waals surface area contributed by atoms with Gasteiger partial charge in [-0.2, -0.15) is 0 Å². The molecular formula is C8H8BF4N. The van der Waals surface area contributed by atoms with Crippen LogP contribution in [0.4, 0.5) is 23.0 Å². The second kappa shape index (κ2) is 4.28. The smallest absolute Gasteiger partial charge is 0.418 e. The van der Waals surface area contributed by atoms with Gasteiger partial charge in [0.1, 0.15) is 5.69 Å². The Hall–Kier alpha value is -1.30. The van der Waals surface area contributed by atoms with Gasteiger partial charge < -0.3 is 17.3 Å². The quantitative estimate of drug-likeness (QED) is 0.379. The van der Waals surface area contributed by atoms with E-state index in [0.717, 1.165) is 0 Å². The van der Waals surface area contributed by atoms with E-state index in [9.17, 15) is 17.3 Å². The van der Waals surface area contributed by atoms with Crippen LogP contribution in [0.5, 0.6) is 0 Å². The molecule has 0 aromatic heterocycles. The van der Waals surface area contributed by atoms with Crippen molar-refractivity contribution in [1.29, 1.82) is 0 Å². The van der Waals surface area contributed by atoms with Crippen LogP contribution >= 0.6 is 0 Å². The molecule has 0 atom stereocenters. The minimum absolute atomic E-state index is 1.33. The standard InChI is InChI=1S/C8H7N.BF4/c1-2-4-8-7(3-1)5-6-9-8;2-1(3,4)5/h1-6,9H;/q;-1/p+1. The first-order valence-corrected chi connectivity index (χ1v) is 3.94. The zero-order chi connectivity index (χ0) is 10.6. The Labute approximate surface area is 78.5 Å². The second-order valence-electron chi connectivity index (χ2n) is 2.65. The number of para-hydroxylation sites is 1. The van der Waals surface area contributed by atoms with E-state index in [-0.39, 0.29) is 0 Å². The van der Waals surface area contributed by atoms with E-state index in [2.05, 4.69) is 41.9 Å². The topological polar surface area (TPSA) is 16.6 Å². The molecule has 0 spiro atoms. The predicted molar refractivity (Wildman–Crippen MR) is 47.2 cm³/mol. The average molecular weight is 205 g/mol. The van der Waals surface area contributed by atoms with Gasteiger partial charge >= 0.3 is 7.25 Å². The lowest BCUT2D eigenvalue weighted by molar-refractivity contribution is -0.491. The summed E-state index contributed by atoms with van der Waals surface area (Å²) in [7, 11) is -6.00. The van der Waals surface area contributed by atoms with Crippen molar-refractivity contribution in [3.8, 4) is 0 Å². The molecule has 0 radical (unpaired) electrons. The van der Waals surface area contributed by atoms with Crippen molar-refractivity contribution >= 4 is 19.0 Å². The molecule has 1 nitrogen and oxygen atoms in total. The van der Waals surface area contributed by atoms with Gasteiger partial charge in [0, 0.05) is 17.7 Å². The van der Waals surface area contributed by atoms with Crippen LogP contribution in [0.1, 0.15) is 5.56 Å². The van der Waals surface area contributed by atoms with Crippen molar-refractivity contribution in [2.45, 2.75) is 0 Å². The molecule has 0 bridgehead atoms. The number of rotatable bonds is 0. The maximum absolute atomic E-state index is 9.75. The highest BCUT2D eigenvalue weighted by atomic mass is 19.5. The Morgan fingerprint density at radius 3 is 2.14 bits per heavy atom. The lowest BCUT2D eigenvalue weighted by Gasteiger charge is -1.94. The Kier molecular flexibility index (Phi) is 3.30. The van der Waals surface area contributed by atoms with Crippen molar-refractivity contribution < 1.29 is 22.6 Å². The summed E-state index contributed by atoms with van der Waals surface area (Å²) in [4.78, 5) is 0. The molecule has 0 fully saturated rings. The van der Waals surface area contributed by atoms with Gasteiger partial charge in [-0.25, -0.2) is 0 Å². The summed E-state index contributed by atoms with van der Waals surface area (Å²) in [5, 5.41) is 2.12. The summed E-state index contributed by atoms with van der Waals surface area (Å²) >= 11 is 0. The SMILES string of the molecule is C1=Cc2ccccc2[NH2+]1.F[B-](F)(F)F. The summed E-state index contributed by atoms with van der Waals surface area (Å²) in [6, 6.07) is 8.36. The zero-order valence-electron chi connectivity index (χ0n) is 7.13. The molecule has 0 unspecified atom stereocenters. The van der Waals surface area contributed by atoms with Gasteiger partial charge in [0.15, 0.2) is 0 Å². The number of nitrogens with two attached hydrogens (primary N) is 1. The van der Waals surface area contributed by atoms with E-state index >= 15 is 0 Å². The highest BCUT2D eigenvalue weighted by Gasteiger charge is 2.20. The molecule has 6 heteroatoms. The predicted octanol–water partition coefficient (Wildman–Crippen LogP) is 2.17. The highest BCUT2D eigenvalue weighted by Crippen LogP contribution is 2.13. The zero-order valence-corrected chi connectivity index (χ0v) is 7.13. The molecule has 1 aliphatic heterocycles. The van der Waals surface area contributed by atoms with Crippen LogP contribution in [0.15, 0.2) is 30.5 Å². The maximum atomic E-state index is 9.75. The fourth-order valence-corrected chi connectivity index (χ4v) is 1.07. The first-order valence-electron chi connectivity index (χ1n) is 3.94. The molecule has 14 heavy (non-hydrogen) atoms. The molecule has 76 valence electrons. The first kappa shape index (κ1) is 10.8. The van der Waals surface area contributed by atoms with Crippen LogP contribution in [-0.4, -0.2) is 7.25 Å². The van der Waals surface area contributed by atoms with Gasteiger partial charge in [-0.05, 0) is 6.07 Å². The molecule has 0 saturated carbocycles. The first-order chi connectivity index (χ1) is 6.47. The van der Waals surface area contributed by atoms with Crippen LogP contribution < -0.4 is 5.32 Å². The lowest BCUT2D eigenvalue weighted by Crippen LogP contribution is -2.69. The van der Waals surface area contributed by atoms with E-state index < -0.39 is 7.25 Å². The monoisotopic (exact) mass is 205 g/mol. The van der Waals surface area contributed by atoms with E-state index in [1.807, 2.05) is 0 Å². The van der Waals surface area contributed by atoms with Crippen molar-refractivity contribution in [3.63, 3.8) is 0 Å². The molecule has 2 rings (SSSR count). The maximum Gasteiger partial charge on any atom is 0.673 e. The number of hydrogen-bond acceptors (Lipinski definition) is 0. The fraction of sp³-hybridized carbons (Fsp3) is 0. The van der Waals surface area contributed by atoms with Gasteiger partial charge in [0.05, 0.1) is 6.20 Å². The van der Waals surface area contributed by atoms with E-state index in [4.69, 9.17) is 0 Å². The highest BCUT2D eigenvalue weighted by molar-refractivity contribution is 6.50. The van der Waals surface area contributed by atoms with Crippen LogP contribution in [0.25, 0.3) is 6.08 Å². The van der Waals surface area contributed by atoms with Gasteiger partial charge in [0.25, 0.3) is 0 Å². The third-order valence-corrected chi connectivity index (χ3v) is 1.55. The van der Waals surface area contributed by atoms with Gasteiger partial charge in [-0.15, -0.1) is 0 Å². The van der Waals surface area contributed by atoms with Crippen molar-refractivity contribution in [3.05, 3.63) is 36.0 Å². The number of halogens is 4. The van der Waals surface area contributed by atoms with E-state index in [1.165, 1.54) is 11.3 Å². The summed E-state index contributed by atoms with van der Waals surface area (Å²) in [6.07, 6.45) is 4.19. The molecular weight excluding hydrogens is 197 g/mol. The minimum Gasteiger partial charge on any atom is -0.418 e. The van der Waals surface area contributed by atoms with Crippen LogP contribution in [0, 0.1) is 0 Å². The number of hydrogen-bond donors (Lipinski definition) is 1. The van der Waals surface area contributed by atoms with Gasteiger partial charge in [0.2, 0.25) is 0 Å². The molecule has 1 aromatic rings. The molecule has 0 saturated heterocycles.